The summed E-state index contributed by atoms with van der Waals surface area (Å²) >= 11 is 12.5. The van der Waals surface area contributed by atoms with Crippen LogP contribution in [0.2, 0.25) is 10.0 Å². The number of carbonyl (C=O) groups excluding carboxylic acids is 1. The quantitative estimate of drug-likeness (QED) is 0.679. The first-order chi connectivity index (χ1) is 14.8. The summed E-state index contributed by atoms with van der Waals surface area (Å²) in [5.74, 6) is -0.426. The van der Waals surface area contributed by atoms with E-state index in [2.05, 4.69) is 5.32 Å². The molecule has 2 aliphatic heterocycles. The van der Waals surface area contributed by atoms with E-state index in [4.69, 9.17) is 38.7 Å². The minimum absolute atomic E-state index is 0.00201. The summed E-state index contributed by atoms with van der Waals surface area (Å²) in [4.78, 5) is 19.4. The molecule has 0 aromatic heterocycles. The highest BCUT2D eigenvalue weighted by Crippen LogP contribution is 2.41. The van der Waals surface area contributed by atoms with Gasteiger partial charge in [-0.25, -0.2) is 9.38 Å². The van der Waals surface area contributed by atoms with E-state index in [0.717, 1.165) is 12.8 Å². The topological polar surface area (TPSA) is 80.0 Å². The summed E-state index contributed by atoms with van der Waals surface area (Å²) in [7, 11) is 0. The fourth-order valence-corrected chi connectivity index (χ4v) is 4.61. The van der Waals surface area contributed by atoms with Crippen LogP contribution in [0.25, 0.3) is 0 Å². The summed E-state index contributed by atoms with van der Waals surface area (Å²) in [6, 6.07) is 9.81. The molecule has 3 N–H and O–H groups in total. The number of nitrogens with one attached hydrogen (secondary N) is 1. The highest BCUT2D eigenvalue weighted by molar-refractivity contribution is 6.34. The molecule has 2 aromatic carbocycles. The number of nitrogens with two attached hydrogens (primary N) is 1. The Labute approximate surface area is 190 Å². The lowest BCUT2D eigenvalue weighted by Crippen LogP contribution is -2.55. The molecule has 1 atom stereocenters. The van der Waals surface area contributed by atoms with Crippen molar-refractivity contribution >= 4 is 46.4 Å². The molecule has 0 aliphatic carbocycles. The second-order valence-corrected chi connectivity index (χ2v) is 8.73. The normalized spacial score (nSPS) is 22.4. The second-order valence-electron chi connectivity index (χ2n) is 7.95. The average molecular weight is 465 g/mol. The highest BCUT2D eigenvalue weighted by Gasteiger charge is 2.41. The number of carbonyl (C=O) groups is 1. The summed E-state index contributed by atoms with van der Waals surface area (Å²) < 4.78 is 19.2. The van der Waals surface area contributed by atoms with Crippen molar-refractivity contribution in [1.82, 2.24) is 4.90 Å². The molecule has 2 aromatic rings. The molecule has 0 spiro atoms. The molecular weight excluding hydrogens is 442 g/mol. The molecule has 0 bridgehead atoms. The van der Waals surface area contributed by atoms with Crippen molar-refractivity contribution in [1.29, 1.82) is 0 Å². The summed E-state index contributed by atoms with van der Waals surface area (Å²) in [6.45, 7) is 3.04. The molecule has 2 heterocycles. The molecule has 1 saturated heterocycles. The highest BCUT2D eigenvalue weighted by atomic mass is 35.5. The molecule has 6 nitrogen and oxygen atoms in total. The van der Waals surface area contributed by atoms with Crippen LogP contribution < -0.4 is 11.1 Å². The van der Waals surface area contributed by atoms with E-state index in [0.29, 0.717) is 35.2 Å². The summed E-state index contributed by atoms with van der Waals surface area (Å²) in [5.41, 5.74) is 7.07. The van der Waals surface area contributed by atoms with Gasteiger partial charge in [-0.3, -0.25) is 9.69 Å². The summed E-state index contributed by atoms with van der Waals surface area (Å²) in [6.07, 6.45) is 1.61. The Hall–Kier alpha value is -2.35. The van der Waals surface area contributed by atoms with E-state index in [1.165, 1.54) is 12.1 Å². The minimum Gasteiger partial charge on any atom is -0.381 e. The maximum Gasteiger partial charge on any atom is 0.232 e. The van der Waals surface area contributed by atoms with E-state index in [9.17, 15) is 9.18 Å². The first kappa shape index (κ1) is 21.9. The number of anilines is 2. The monoisotopic (exact) mass is 464 g/mol. The van der Waals surface area contributed by atoms with Gasteiger partial charge in [0.05, 0.1) is 27.7 Å². The third-order valence-corrected chi connectivity index (χ3v) is 6.42. The molecular formula is C22H23Cl2FN4O2. The Morgan fingerprint density at radius 2 is 2.00 bits per heavy atom. The van der Waals surface area contributed by atoms with Crippen LogP contribution >= 0.6 is 23.2 Å². The Balaban J connectivity index is 1.64. The van der Waals surface area contributed by atoms with Gasteiger partial charge in [-0.15, -0.1) is 0 Å². The van der Waals surface area contributed by atoms with Gasteiger partial charge in [0, 0.05) is 30.5 Å². The van der Waals surface area contributed by atoms with E-state index in [1.54, 1.807) is 17.0 Å². The first-order valence-corrected chi connectivity index (χ1v) is 10.8. The maximum absolute atomic E-state index is 13.8. The van der Waals surface area contributed by atoms with Crippen LogP contribution in [0.15, 0.2) is 41.4 Å². The smallest absolute Gasteiger partial charge is 0.232 e. The van der Waals surface area contributed by atoms with Gasteiger partial charge < -0.3 is 15.8 Å². The molecule has 4 rings (SSSR count). The van der Waals surface area contributed by atoms with E-state index in [1.807, 2.05) is 19.1 Å². The van der Waals surface area contributed by atoms with E-state index < -0.39 is 11.4 Å². The third kappa shape index (κ3) is 4.35. The van der Waals surface area contributed by atoms with Crippen LogP contribution in [0.1, 0.15) is 31.7 Å². The summed E-state index contributed by atoms with van der Waals surface area (Å²) in [5, 5.41) is 3.53. The van der Waals surface area contributed by atoms with Crippen LogP contribution in [0, 0.1) is 5.82 Å². The van der Waals surface area contributed by atoms with Gasteiger partial charge in [-0.1, -0.05) is 35.3 Å². The Kier molecular flexibility index (Phi) is 6.10. The molecule has 1 fully saturated rings. The molecule has 0 unspecified atom stereocenters. The number of rotatable bonds is 4. The van der Waals surface area contributed by atoms with Crippen molar-refractivity contribution < 1.29 is 13.9 Å². The SMILES string of the molecule is C[C@@]1(c2cccc(Nc3ccc(Cl)c(F)c3)c2Cl)CC(=O)N(C2CCOCC2)C(N)=N1. The number of aliphatic imine (C=N–C) groups is 1. The van der Waals surface area contributed by atoms with Crippen LogP contribution in [0.3, 0.4) is 0 Å². The molecule has 31 heavy (non-hydrogen) atoms. The van der Waals surface area contributed by atoms with Gasteiger partial charge in [-0.05, 0) is 44.0 Å². The van der Waals surface area contributed by atoms with Crippen molar-refractivity contribution in [3.05, 3.63) is 57.8 Å². The predicted molar refractivity (Wildman–Crippen MR) is 120 cm³/mol. The number of benzene rings is 2. The van der Waals surface area contributed by atoms with Gasteiger partial charge in [0.1, 0.15) is 5.82 Å². The minimum atomic E-state index is -0.914. The van der Waals surface area contributed by atoms with Crippen LogP contribution in [0.4, 0.5) is 15.8 Å². The van der Waals surface area contributed by atoms with E-state index >= 15 is 0 Å². The van der Waals surface area contributed by atoms with Crippen molar-refractivity contribution in [2.24, 2.45) is 10.7 Å². The van der Waals surface area contributed by atoms with Gasteiger partial charge in [0.2, 0.25) is 5.91 Å². The zero-order valence-electron chi connectivity index (χ0n) is 17.0. The maximum atomic E-state index is 13.8. The van der Waals surface area contributed by atoms with Crippen molar-refractivity contribution in [2.75, 3.05) is 18.5 Å². The zero-order chi connectivity index (χ0) is 22.2. The Bertz CT molecular complexity index is 1040. The van der Waals surface area contributed by atoms with Gasteiger partial charge in [0.15, 0.2) is 5.96 Å². The number of hydrogen-bond donors (Lipinski definition) is 2. The molecule has 1 amide bonds. The largest absolute Gasteiger partial charge is 0.381 e. The lowest BCUT2D eigenvalue weighted by atomic mass is 9.86. The standard InChI is InChI=1S/C22H23Cl2FN4O2/c1-22(12-19(30)29(21(26)28-22)14-7-9-31-10-8-14)15-3-2-4-18(20(15)24)27-13-5-6-16(23)17(25)11-13/h2-6,11,14,27H,7-10,12H2,1H3,(H2,26,28)/t22-/m0/s1. The molecule has 0 saturated carbocycles. The first-order valence-electron chi connectivity index (χ1n) is 10.0. The van der Waals surface area contributed by atoms with Gasteiger partial charge >= 0.3 is 0 Å². The molecule has 0 radical (unpaired) electrons. The number of halogens is 3. The third-order valence-electron chi connectivity index (χ3n) is 5.71. The molecule has 164 valence electrons. The lowest BCUT2D eigenvalue weighted by molar-refractivity contribution is -0.132. The van der Waals surface area contributed by atoms with Crippen molar-refractivity contribution in [3.8, 4) is 0 Å². The predicted octanol–water partition coefficient (Wildman–Crippen LogP) is 4.82. The Morgan fingerprint density at radius 3 is 2.68 bits per heavy atom. The average Bonchev–Trinajstić information content (AvgIpc) is 2.72. The second kappa shape index (κ2) is 8.65. The van der Waals surface area contributed by atoms with Gasteiger partial charge in [-0.2, -0.15) is 0 Å². The number of hydrogen-bond acceptors (Lipinski definition) is 5. The number of nitrogens with zero attached hydrogens (tertiary/aromatic N) is 2. The van der Waals surface area contributed by atoms with Crippen LogP contribution in [-0.2, 0) is 15.1 Å². The fraction of sp³-hybridized carbons (Fsp3) is 0.364. The Morgan fingerprint density at radius 1 is 1.26 bits per heavy atom. The van der Waals surface area contributed by atoms with Gasteiger partial charge in [0.25, 0.3) is 0 Å². The lowest BCUT2D eigenvalue weighted by Gasteiger charge is -2.40. The zero-order valence-corrected chi connectivity index (χ0v) is 18.5. The fourth-order valence-electron chi connectivity index (χ4n) is 4.12. The molecule has 9 heteroatoms. The number of ether oxygens (including phenoxy) is 1. The van der Waals surface area contributed by atoms with Crippen molar-refractivity contribution in [3.63, 3.8) is 0 Å². The van der Waals surface area contributed by atoms with Crippen LogP contribution in [-0.4, -0.2) is 36.0 Å². The number of guanidine groups is 1. The molecule has 2 aliphatic rings. The number of amides is 1. The van der Waals surface area contributed by atoms with Crippen molar-refractivity contribution in [2.45, 2.75) is 37.8 Å². The van der Waals surface area contributed by atoms with Crippen LogP contribution in [0.5, 0.6) is 0 Å². The van der Waals surface area contributed by atoms with E-state index in [-0.39, 0.29) is 29.4 Å².